The standard InChI is InChI=1S/C15H21NO4S/c1-6-7-10-13(18)16-11(12(17)15(3,4)5)9(2)8-21(19,20)14(10)16/h6,10,14H,1,7-8H2,2-5H3/t10?,14-/m1/s1. The average molecular weight is 311 g/mol. The second-order valence-electron chi connectivity index (χ2n) is 6.74. The van der Waals surface area contributed by atoms with E-state index in [-0.39, 0.29) is 23.1 Å². The SMILES string of the molecule is C=CCC1C(=O)N2C(C(=O)C(C)(C)C)=C(C)CS(=O)(=O)[C@H]12. The monoisotopic (exact) mass is 311 g/mol. The quantitative estimate of drug-likeness (QED) is 0.587. The number of fused-ring (bicyclic) bond motifs is 1. The Bertz CT molecular complexity index is 652. The molecule has 0 aromatic heterocycles. The van der Waals surface area contributed by atoms with Gasteiger partial charge in [0.25, 0.3) is 0 Å². The highest BCUT2D eigenvalue weighted by Gasteiger charge is 2.58. The van der Waals surface area contributed by atoms with Crippen LogP contribution in [0.4, 0.5) is 0 Å². The van der Waals surface area contributed by atoms with Crippen LogP contribution in [0.25, 0.3) is 0 Å². The Labute approximate surface area is 125 Å². The molecular weight excluding hydrogens is 290 g/mol. The van der Waals surface area contributed by atoms with Crippen molar-refractivity contribution < 1.29 is 18.0 Å². The number of carbonyl (C=O) groups excluding carboxylic acids is 2. The van der Waals surface area contributed by atoms with Gasteiger partial charge in [-0.1, -0.05) is 26.8 Å². The third-order valence-corrected chi connectivity index (χ3v) is 6.01. The fourth-order valence-electron chi connectivity index (χ4n) is 2.89. The van der Waals surface area contributed by atoms with E-state index >= 15 is 0 Å². The lowest BCUT2D eigenvalue weighted by atomic mass is 9.84. The summed E-state index contributed by atoms with van der Waals surface area (Å²) in [4.78, 5) is 26.1. The van der Waals surface area contributed by atoms with Crippen molar-refractivity contribution in [3.63, 3.8) is 0 Å². The summed E-state index contributed by atoms with van der Waals surface area (Å²) in [5.74, 6) is -1.25. The van der Waals surface area contributed by atoms with Crippen molar-refractivity contribution >= 4 is 21.5 Å². The summed E-state index contributed by atoms with van der Waals surface area (Å²) < 4.78 is 24.7. The molecule has 2 heterocycles. The second-order valence-corrected chi connectivity index (χ2v) is 8.84. The summed E-state index contributed by atoms with van der Waals surface area (Å²) in [6.45, 7) is 10.5. The molecule has 6 heteroatoms. The fourth-order valence-corrected chi connectivity index (χ4v) is 5.06. The van der Waals surface area contributed by atoms with Gasteiger partial charge in [0.2, 0.25) is 5.91 Å². The summed E-state index contributed by atoms with van der Waals surface area (Å²) in [5, 5.41) is -0.909. The van der Waals surface area contributed by atoms with Crippen molar-refractivity contribution in [3.05, 3.63) is 23.9 Å². The van der Waals surface area contributed by atoms with Crippen LogP contribution in [0.1, 0.15) is 34.1 Å². The number of Topliss-reactive ketones (excluding diaryl/α,β-unsaturated/α-hetero) is 1. The van der Waals surface area contributed by atoms with E-state index in [9.17, 15) is 18.0 Å². The van der Waals surface area contributed by atoms with Crippen LogP contribution < -0.4 is 0 Å². The van der Waals surface area contributed by atoms with E-state index in [1.807, 2.05) is 0 Å². The molecule has 0 spiro atoms. The number of hydrogen-bond donors (Lipinski definition) is 0. The topological polar surface area (TPSA) is 71.5 Å². The van der Waals surface area contributed by atoms with Crippen LogP contribution in [0.5, 0.6) is 0 Å². The Morgan fingerprint density at radius 2 is 2.00 bits per heavy atom. The van der Waals surface area contributed by atoms with Crippen LogP contribution in [0.2, 0.25) is 0 Å². The minimum atomic E-state index is -3.44. The minimum Gasteiger partial charge on any atom is -0.292 e. The average Bonchev–Trinajstić information content (AvgIpc) is 2.33. The predicted octanol–water partition coefficient (Wildman–Crippen LogP) is 1.66. The van der Waals surface area contributed by atoms with Gasteiger partial charge in [0.1, 0.15) is 0 Å². The number of ketones is 1. The molecule has 2 aliphatic heterocycles. The normalized spacial score (nSPS) is 28.0. The van der Waals surface area contributed by atoms with Crippen LogP contribution in [-0.4, -0.2) is 36.1 Å². The molecule has 0 saturated carbocycles. The van der Waals surface area contributed by atoms with Crippen molar-refractivity contribution in [3.8, 4) is 0 Å². The number of carbonyl (C=O) groups is 2. The van der Waals surface area contributed by atoms with Crippen LogP contribution in [-0.2, 0) is 19.4 Å². The molecule has 2 aliphatic rings. The molecule has 2 rings (SSSR count). The molecule has 0 radical (unpaired) electrons. The number of β-lactam (4-membered cyclic amide) rings is 1. The summed E-state index contributed by atoms with van der Waals surface area (Å²) in [5.41, 5.74) is 0.0655. The van der Waals surface area contributed by atoms with E-state index in [0.29, 0.717) is 12.0 Å². The molecule has 0 aliphatic carbocycles. The zero-order chi connectivity index (χ0) is 16.2. The first-order chi connectivity index (χ1) is 9.52. The van der Waals surface area contributed by atoms with Crippen molar-refractivity contribution in [2.45, 2.75) is 39.5 Å². The lowest BCUT2D eigenvalue weighted by Crippen LogP contribution is -2.67. The highest BCUT2D eigenvalue weighted by molar-refractivity contribution is 7.92. The van der Waals surface area contributed by atoms with Gasteiger partial charge < -0.3 is 0 Å². The van der Waals surface area contributed by atoms with Crippen molar-refractivity contribution in [2.75, 3.05) is 5.75 Å². The molecule has 1 unspecified atom stereocenters. The lowest BCUT2D eigenvalue weighted by molar-refractivity contribution is -0.150. The molecule has 5 nitrogen and oxygen atoms in total. The van der Waals surface area contributed by atoms with Crippen LogP contribution in [0.15, 0.2) is 23.9 Å². The maximum atomic E-state index is 12.6. The van der Waals surface area contributed by atoms with E-state index in [0.717, 1.165) is 0 Å². The molecule has 2 atom stereocenters. The van der Waals surface area contributed by atoms with Gasteiger partial charge in [-0.15, -0.1) is 6.58 Å². The van der Waals surface area contributed by atoms with Gasteiger partial charge in [-0.05, 0) is 18.9 Å². The molecule has 21 heavy (non-hydrogen) atoms. The first kappa shape index (κ1) is 15.9. The number of allylic oxidation sites excluding steroid dienone is 2. The van der Waals surface area contributed by atoms with E-state index in [2.05, 4.69) is 6.58 Å². The molecule has 0 aromatic rings. The van der Waals surface area contributed by atoms with Gasteiger partial charge in [-0.3, -0.25) is 14.5 Å². The Morgan fingerprint density at radius 1 is 1.43 bits per heavy atom. The maximum absolute atomic E-state index is 12.6. The van der Waals surface area contributed by atoms with Gasteiger partial charge in [0, 0.05) is 5.41 Å². The molecule has 0 N–H and O–H groups in total. The van der Waals surface area contributed by atoms with E-state index < -0.39 is 26.5 Å². The Balaban J connectivity index is 2.52. The zero-order valence-electron chi connectivity index (χ0n) is 12.8. The van der Waals surface area contributed by atoms with E-state index in [4.69, 9.17) is 0 Å². The number of hydrogen-bond acceptors (Lipinski definition) is 4. The van der Waals surface area contributed by atoms with Gasteiger partial charge in [-0.25, -0.2) is 8.42 Å². The van der Waals surface area contributed by atoms with Gasteiger partial charge in [-0.2, -0.15) is 0 Å². The zero-order valence-corrected chi connectivity index (χ0v) is 13.7. The number of amides is 1. The van der Waals surface area contributed by atoms with Crippen molar-refractivity contribution in [2.24, 2.45) is 11.3 Å². The smallest absolute Gasteiger partial charge is 0.234 e. The number of nitrogens with zero attached hydrogens (tertiary/aromatic N) is 1. The van der Waals surface area contributed by atoms with E-state index in [1.165, 1.54) is 4.90 Å². The lowest BCUT2D eigenvalue weighted by Gasteiger charge is -2.50. The Kier molecular flexibility index (Phi) is 3.64. The molecule has 1 amide bonds. The summed E-state index contributed by atoms with van der Waals surface area (Å²) in [6, 6.07) is 0. The first-order valence-corrected chi connectivity index (χ1v) is 8.64. The van der Waals surface area contributed by atoms with Crippen LogP contribution >= 0.6 is 0 Å². The maximum Gasteiger partial charge on any atom is 0.234 e. The predicted molar refractivity (Wildman–Crippen MR) is 79.9 cm³/mol. The molecule has 1 fully saturated rings. The third-order valence-electron chi connectivity index (χ3n) is 3.90. The second kappa shape index (κ2) is 4.80. The van der Waals surface area contributed by atoms with Crippen LogP contribution in [0, 0.1) is 11.3 Å². The van der Waals surface area contributed by atoms with E-state index in [1.54, 1.807) is 33.8 Å². The summed E-state index contributed by atoms with van der Waals surface area (Å²) in [7, 11) is -3.44. The summed E-state index contributed by atoms with van der Waals surface area (Å²) in [6.07, 6.45) is 1.86. The highest BCUT2D eigenvalue weighted by atomic mass is 32.2. The van der Waals surface area contributed by atoms with Crippen LogP contribution in [0.3, 0.4) is 0 Å². The van der Waals surface area contributed by atoms with Gasteiger partial charge in [0.15, 0.2) is 21.0 Å². The Hall–Kier alpha value is -1.43. The highest BCUT2D eigenvalue weighted by Crippen LogP contribution is 2.43. The van der Waals surface area contributed by atoms with Gasteiger partial charge >= 0.3 is 0 Å². The molecule has 1 saturated heterocycles. The van der Waals surface area contributed by atoms with Crippen molar-refractivity contribution in [1.29, 1.82) is 0 Å². The minimum absolute atomic E-state index is 0.160. The third kappa shape index (κ3) is 2.35. The van der Waals surface area contributed by atoms with Crippen molar-refractivity contribution in [1.82, 2.24) is 4.90 Å². The molecule has 0 bridgehead atoms. The number of sulfone groups is 1. The molecule has 116 valence electrons. The first-order valence-electron chi connectivity index (χ1n) is 6.92. The molecule has 0 aromatic carbocycles. The molecular formula is C15H21NO4S. The fraction of sp³-hybridized carbons (Fsp3) is 0.600. The number of rotatable bonds is 3. The summed E-state index contributed by atoms with van der Waals surface area (Å²) >= 11 is 0. The van der Waals surface area contributed by atoms with Gasteiger partial charge in [0.05, 0.1) is 17.4 Å². The largest absolute Gasteiger partial charge is 0.292 e. The Morgan fingerprint density at radius 3 is 2.48 bits per heavy atom.